The predicted molar refractivity (Wildman–Crippen MR) is 139 cm³/mol. The van der Waals surface area contributed by atoms with Gasteiger partial charge in [0, 0.05) is 19.7 Å². The number of aryl methyl sites for hydroxylation is 2. The SMILES string of the molecule is COc1cccc(C2OCC(C)(C)n3c(-c4ccc(C)cc4)c4c(=O)n(C)c(=O)n(C)c4c32)c1OC. The van der Waals surface area contributed by atoms with Crippen molar-refractivity contribution in [2.24, 2.45) is 14.1 Å². The predicted octanol–water partition coefficient (Wildman–Crippen LogP) is 3.89. The van der Waals surface area contributed by atoms with Crippen molar-refractivity contribution < 1.29 is 14.2 Å². The number of ether oxygens (including phenoxy) is 3. The Bertz CT molecular complexity index is 1610. The first-order valence-electron chi connectivity index (χ1n) is 11.9. The minimum absolute atomic E-state index is 0.335. The van der Waals surface area contributed by atoms with Gasteiger partial charge in [-0.15, -0.1) is 0 Å². The summed E-state index contributed by atoms with van der Waals surface area (Å²) >= 11 is 0. The fourth-order valence-corrected chi connectivity index (χ4v) is 5.34. The largest absolute Gasteiger partial charge is 0.493 e. The molecule has 8 nitrogen and oxygen atoms in total. The van der Waals surface area contributed by atoms with Gasteiger partial charge in [-0.2, -0.15) is 0 Å². The van der Waals surface area contributed by atoms with Gasteiger partial charge in [-0.25, -0.2) is 4.79 Å². The number of hydrogen-bond donors (Lipinski definition) is 0. The van der Waals surface area contributed by atoms with Gasteiger partial charge in [-0.3, -0.25) is 13.9 Å². The zero-order valence-electron chi connectivity index (χ0n) is 21.7. The van der Waals surface area contributed by atoms with Gasteiger partial charge >= 0.3 is 5.69 Å². The van der Waals surface area contributed by atoms with E-state index in [9.17, 15) is 9.59 Å². The monoisotopic (exact) mass is 489 g/mol. The molecule has 0 fully saturated rings. The van der Waals surface area contributed by atoms with Crippen LogP contribution >= 0.6 is 0 Å². The molecule has 1 aliphatic heterocycles. The van der Waals surface area contributed by atoms with E-state index in [0.29, 0.717) is 29.0 Å². The van der Waals surface area contributed by atoms with Gasteiger partial charge in [0.25, 0.3) is 5.56 Å². The summed E-state index contributed by atoms with van der Waals surface area (Å²) in [7, 11) is 6.40. The van der Waals surface area contributed by atoms with Crippen molar-refractivity contribution in [3.05, 3.63) is 80.1 Å². The Hall–Kier alpha value is -3.78. The maximum atomic E-state index is 13.7. The van der Waals surface area contributed by atoms with E-state index in [0.717, 1.165) is 28.1 Å². The lowest BCUT2D eigenvalue weighted by Crippen LogP contribution is -2.40. The van der Waals surface area contributed by atoms with Gasteiger partial charge in [-0.1, -0.05) is 42.0 Å². The lowest BCUT2D eigenvalue weighted by Gasteiger charge is -2.39. The van der Waals surface area contributed by atoms with Crippen LogP contribution in [0, 0.1) is 6.92 Å². The van der Waals surface area contributed by atoms with E-state index in [2.05, 4.69) is 18.4 Å². The highest BCUT2D eigenvalue weighted by Crippen LogP contribution is 2.48. The lowest BCUT2D eigenvalue weighted by molar-refractivity contribution is -0.00811. The summed E-state index contributed by atoms with van der Waals surface area (Å²) in [6.45, 7) is 6.57. The number of benzene rings is 2. The lowest BCUT2D eigenvalue weighted by atomic mass is 9.97. The van der Waals surface area contributed by atoms with Crippen molar-refractivity contribution in [3.63, 3.8) is 0 Å². The second-order valence-corrected chi connectivity index (χ2v) is 9.95. The minimum atomic E-state index is -0.595. The molecule has 0 aliphatic carbocycles. The fraction of sp³-hybridized carbons (Fsp3) is 0.357. The molecule has 1 atom stereocenters. The average molecular weight is 490 g/mol. The van der Waals surface area contributed by atoms with Crippen molar-refractivity contribution in [2.75, 3.05) is 20.8 Å². The molecular weight excluding hydrogens is 458 g/mol. The number of aromatic nitrogens is 3. The highest BCUT2D eigenvalue weighted by atomic mass is 16.5. The molecule has 5 rings (SSSR count). The summed E-state index contributed by atoms with van der Waals surface area (Å²) < 4.78 is 22.7. The minimum Gasteiger partial charge on any atom is -0.493 e. The Kier molecular flexibility index (Phi) is 5.59. The van der Waals surface area contributed by atoms with Crippen molar-refractivity contribution in [3.8, 4) is 22.8 Å². The van der Waals surface area contributed by atoms with Crippen LogP contribution in [0.2, 0.25) is 0 Å². The molecule has 0 saturated carbocycles. The number of fused-ring (bicyclic) bond motifs is 3. The van der Waals surface area contributed by atoms with Crippen LogP contribution in [0.1, 0.15) is 36.8 Å². The average Bonchev–Trinajstić information content (AvgIpc) is 3.24. The summed E-state index contributed by atoms with van der Waals surface area (Å²) in [5.41, 5.74) is 3.62. The molecule has 0 bridgehead atoms. The number of methoxy groups -OCH3 is 2. The van der Waals surface area contributed by atoms with Crippen LogP contribution in [0.5, 0.6) is 11.5 Å². The highest BCUT2D eigenvalue weighted by Gasteiger charge is 2.41. The molecule has 3 heterocycles. The first-order valence-corrected chi connectivity index (χ1v) is 11.9. The Morgan fingerprint density at radius 1 is 0.972 bits per heavy atom. The third-order valence-electron chi connectivity index (χ3n) is 7.11. The third kappa shape index (κ3) is 3.32. The number of hydrogen-bond acceptors (Lipinski definition) is 5. The van der Waals surface area contributed by atoms with Crippen molar-refractivity contribution in [1.82, 2.24) is 13.7 Å². The van der Waals surface area contributed by atoms with E-state index in [1.807, 2.05) is 49.4 Å². The van der Waals surface area contributed by atoms with Gasteiger partial charge in [0.1, 0.15) is 6.10 Å². The molecule has 2 aromatic heterocycles. The molecule has 4 aromatic rings. The van der Waals surface area contributed by atoms with Gasteiger partial charge < -0.3 is 18.8 Å². The Morgan fingerprint density at radius 3 is 2.31 bits per heavy atom. The molecule has 0 saturated heterocycles. The van der Waals surface area contributed by atoms with E-state index in [1.54, 1.807) is 25.8 Å². The van der Waals surface area contributed by atoms with Gasteiger partial charge in [0.2, 0.25) is 0 Å². The van der Waals surface area contributed by atoms with Gasteiger partial charge in [0.15, 0.2) is 11.5 Å². The number of rotatable bonds is 4. The third-order valence-corrected chi connectivity index (χ3v) is 7.11. The van der Waals surface area contributed by atoms with Crippen LogP contribution in [0.4, 0.5) is 0 Å². The van der Waals surface area contributed by atoms with Crippen LogP contribution in [-0.2, 0) is 24.4 Å². The van der Waals surface area contributed by atoms with Crippen LogP contribution in [0.15, 0.2) is 52.1 Å². The normalized spacial score (nSPS) is 16.7. The zero-order chi connectivity index (χ0) is 25.9. The summed E-state index contributed by atoms with van der Waals surface area (Å²) in [6.07, 6.45) is -0.595. The summed E-state index contributed by atoms with van der Waals surface area (Å²) in [6, 6.07) is 13.7. The quantitative estimate of drug-likeness (QED) is 0.435. The first kappa shape index (κ1) is 23.9. The molecule has 0 spiro atoms. The summed E-state index contributed by atoms with van der Waals surface area (Å²) in [4.78, 5) is 26.8. The highest BCUT2D eigenvalue weighted by molar-refractivity contribution is 5.97. The van der Waals surface area contributed by atoms with E-state index in [-0.39, 0.29) is 5.56 Å². The second kappa shape index (κ2) is 8.41. The maximum Gasteiger partial charge on any atom is 0.331 e. The summed E-state index contributed by atoms with van der Waals surface area (Å²) in [5, 5.41) is 0.490. The number of para-hydroxylation sites is 1. The fourth-order valence-electron chi connectivity index (χ4n) is 5.34. The molecular formula is C28H31N3O5. The maximum absolute atomic E-state index is 13.7. The molecule has 188 valence electrons. The molecule has 1 unspecified atom stereocenters. The van der Waals surface area contributed by atoms with Gasteiger partial charge in [-0.05, 0) is 32.4 Å². The van der Waals surface area contributed by atoms with Crippen molar-refractivity contribution in [1.29, 1.82) is 0 Å². The zero-order valence-corrected chi connectivity index (χ0v) is 21.7. The number of nitrogens with zero attached hydrogens (tertiary/aromatic N) is 3. The van der Waals surface area contributed by atoms with E-state index >= 15 is 0 Å². The van der Waals surface area contributed by atoms with Crippen LogP contribution in [0.3, 0.4) is 0 Å². The molecule has 36 heavy (non-hydrogen) atoms. The Morgan fingerprint density at radius 2 is 1.67 bits per heavy atom. The Balaban J connectivity index is 2.00. The Labute approximate surface area is 209 Å². The van der Waals surface area contributed by atoms with Crippen molar-refractivity contribution >= 4 is 10.9 Å². The van der Waals surface area contributed by atoms with E-state index < -0.39 is 17.3 Å². The molecule has 0 amide bonds. The smallest absolute Gasteiger partial charge is 0.331 e. The molecule has 0 radical (unpaired) electrons. The molecule has 8 heteroatoms. The van der Waals surface area contributed by atoms with Crippen LogP contribution in [-0.4, -0.2) is 34.5 Å². The van der Waals surface area contributed by atoms with Crippen LogP contribution < -0.4 is 20.7 Å². The summed E-state index contributed by atoms with van der Waals surface area (Å²) in [5.74, 6) is 1.13. The molecule has 1 aliphatic rings. The first-order chi connectivity index (χ1) is 17.1. The van der Waals surface area contributed by atoms with Gasteiger partial charge in [0.05, 0.1) is 48.7 Å². The topological polar surface area (TPSA) is 76.6 Å². The molecule has 2 aromatic carbocycles. The second-order valence-electron chi connectivity index (χ2n) is 9.95. The van der Waals surface area contributed by atoms with Crippen LogP contribution in [0.25, 0.3) is 22.2 Å². The standard InChI is InChI=1S/C28H31N3O5/c1-16-11-13-17(14-12-16)21-20-22(29(4)27(33)30(5)26(20)32)23-25(36-15-28(2,3)31(21)23)18-9-8-10-19(34-6)24(18)35-7/h8-14,25H,15H2,1-7H3. The van der Waals surface area contributed by atoms with E-state index in [4.69, 9.17) is 14.2 Å². The molecule has 0 N–H and O–H groups in total. The van der Waals surface area contributed by atoms with Crippen molar-refractivity contribution in [2.45, 2.75) is 32.4 Å². The van der Waals surface area contributed by atoms with E-state index in [1.165, 1.54) is 11.6 Å².